The smallest absolute Gasteiger partial charge is 0.393 e. The van der Waals surface area contributed by atoms with Crippen LogP contribution in [0.4, 0.5) is 11.8 Å². The lowest BCUT2D eigenvalue weighted by Gasteiger charge is -2.06. The van der Waals surface area contributed by atoms with Gasteiger partial charge in [0, 0.05) is 12.6 Å². The third-order valence-electron chi connectivity index (χ3n) is 4.25. The number of hydrogen-bond donors (Lipinski definition) is 3. The molecule has 3 N–H and O–H groups in total. The number of aliphatic hydroxyl groups excluding tert-OH is 1. The molecule has 1 aromatic rings. The van der Waals surface area contributed by atoms with E-state index < -0.39 is 0 Å². The van der Waals surface area contributed by atoms with Gasteiger partial charge in [-0.25, -0.2) is 4.57 Å². The summed E-state index contributed by atoms with van der Waals surface area (Å²) in [6, 6.07) is 1.99. The summed E-state index contributed by atoms with van der Waals surface area (Å²) in [4.78, 5) is 4.52. The molecule has 146 valence electrons. The fraction of sp³-hybridized carbons (Fsp3) is 0.789. The van der Waals surface area contributed by atoms with Crippen molar-refractivity contribution in [3.63, 3.8) is 0 Å². The highest BCUT2D eigenvalue weighted by Gasteiger charge is 2.09. The molecule has 1 rings (SSSR count). The maximum atomic E-state index is 8.89. The first kappa shape index (κ1) is 23.9. The third kappa shape index (κ3) is 12.0. The van der Waals surface area contributed by atoms with Gasteiger partial charge in [0.1, 0.15) is 0 Å². The van der Waals surface area contributed by atoms with Crippen LogP contribution in [0.5, 0.6) is 0 Å². The van der Waals surface area contributed by atoms with Crippen LogP contribution in [0.25, 0.3) is 0 Å². The number of unbranched alkanes of at least 4 members (excludes halogenated alkanes) is 9. The van der Waals surface area contributed by atoms with E-state index in [1.54, 1.807) is 0 Å². The van der Waals surface area contributed by atoms with Crippen molar-refractivity contribution >= 4 is 11.8 Å². The monoisotopic (exact) mass is 372 g/mol. The van der Waals surface area contributed by atoms with Crippen LogP contribution in [0.2, 0.25) is 0 Å². The molecule has 0 radical (unpaired) electrons. The van der Waals surface area contributed by atoms with Gasteiger partial charge in [0.2, 0.25) is 5.82 Å². The van der Waals surface area contributed by atoms with Crippen molar-refractivity contribution < 1.29 is 22.1 Å². The summed E-state index contributed by atoms with van der Waals surface area (Å²) in [6.45, 7) is 3.86. The lowest BCUT2D eigenvalue weighted by Crippen LogP contribution is -3.00. The molecule has 5 nitrogen and oxygen atoms in total. The number of aryl methyl sites for hydroxylation is 1. The van der Waals surface area contributed by atoms with Gasteiger partial charge in [-0.2, -0.15) is 0 Å². The Labute approximate surface area is 160 Å². The van der Waals surface area contributed by atoms with E-state index in [1.165, 1.54) is 64.2 Å². The first-order valence-corrected chi connectivity index (χ1v) is 9.73. The van der Waals surface area contributed by atoms with Gasteiger partial charge in [-0.05, 0) is 6.42 Å². The summed E-state index contributed by atoms with van der Waals surface area (Å²) in [5, 5.41) is 15.4. The minimum Gasteiger partial charge on any atom is -1.00 e. The number of aliphatic hydroxyl groups is 1. The summed E-state index contributed by atoms with van der Waals surface area (Å²) in [6.07, 6.45) is 15.5. The average Bonchev–Trinajstić information content (AvgIpc) is 2.59. The topological polar surface area (TPSA) is 61.1 Å². The Morgan fingerprint density at radius 1 is 0.920 bits per heavy atom. The van der Waals surface area contributed by atoms with Gasteiger partial charge in [0.25, 0.3) is 0 Å². The minimum absolute atomic E-state index is 0. The van der Waals surface area contributed by atoms with Crippen LogP contribution in [0.1, 0.15) is 71.1 Å². The zero-order chi connectivity index (χ0) is 17.5. The maximum absolute atomic E-state index is 8.89. The zero-order valence-electron chi connectivity index (χ0n) is 16.1. The summed E-state index contributed by atoms with van der Waals surface area (Å²) in [5.41, 5.74) is 0. The Balaban J connectivity index is 0.00000576. The average molecular weight is 373 g/mol. The largest absolute Gasteiger partial charge is 1.00 e. The molecule has 0 saturated carbocycles. The van der Waals surface area contributed by atoms with Crippen molar-refractivity contribution in [1.29, 1.82) is 0 Å². The molecule has 0 fully saturated rings. The first-order valence-electron chi connectivity index (χ1n) is 9.73. The summed E-state index contributed by atoms with van der Waals surface area (Å²) < 4.78 is 1.92. The SMILES string of the molecule is CCCCCCCCCCCCNc1cc[n+](C)c(NCCO)n1.[Cl-]. The fourth-order valence-corrected chi connectivity index (χ4v) is 2.74. The van der Waals surface area contributed by atoms with Crippen LogP contribution in [-0.4, -0.2) is 29.8 Å². The molecule has 1 aromatic heterocycles. The van der Waals surface area contributed by atoms with Gasteiger partial charge >= 0.3 is 5.95 Å². The van der Waals surface area contributed by atoms with Gasteiger partial charge in [0.15, 0.2) is 0 Å². The second-order valence-corrected chi connectivity index (χ2v) is 6.51. The molecule has 0 spiro atoms. The highest BCUT2D eigenvalue weighted by molar-refractivity contribution is 5.36. The Morgan fingerprint density at radius 3 is 2.12 bits per heavy atom. The molecule has 0 aliphatic rings. The minimum atomic E-state index is 0. The van der Waals surface area contributed by atoms with E-state index in [9.17, 15) is 0 Å². The van der Waals surface area contributed by atoms with Crippen molar-refractivity contribution in [2.45, 2.75) is 71.1 Å². The standard InChI is InChI=1S/C19H36N4O.ClH/c1-3-4-5-6-7-8-9-10-11-12-14-20-18-13-16-23(2)19(22-18)21-15-17-24;/h13,16,24H,3-12,14-15,17H2,1-2H3,(H,20,21,22);1H. The van der Waals surface area contributed by atoms with Gasteiger partial charge < -0.3 is 22.8 Å². The molecular formula is C19H37ClN4O. The Morgan fingerprint density at radius 2 is 1.52 bits per heavy atom. The molecular weight excluding hydrogens is 336 g/mol. The summed E-state index contributed by atoms with van der Waals surface area (Å²) in [5.74, 6) is 1.67. The molecule has 0 bridgehead atoms. The van der Waals surface area contributed by atoms with E-state index in [-0.39, 0.29) is 19.0 Å². The highest BCUT2D eigenvalue weighted by atomic mass is 35.5. The van der Waals surface area contributed by atoms with Crippen molar-refractivity contribution in [3.8, 4) is 0 Å². The number of hydrogen-bond acceptors (Lipinski definition) is 4. The van der Waals surface area contributed by atoms with Crippen molar-refractivity contribution in [3.05, 3.63) is 12.3 Å². The van der Waals surface area contributed by atoms with Gasteiger partial charge in [-0.15, -0.1) is 0 Å². The van der Waals surface area contributed by atoms with Crippen LogP contribution in [0.15, 0.2) is 12.3 Å². The fourth-order valence-electron chi connectivity index (χ4n) is 2.74. The predicted octanol–water partition coefficient (Wildman–Crippen LogP) is 0.647. The van der Waals surface area contributed by atoms with E-state index in [2.05, 4.69) is 22.5 Å². The Bertz CT molecular complexity index is 432. The molecule has 0 unspecified atom stereocenters. The summed E-state index contributed by atoms with van der Waals surface area (Å²) >= 11 is 0. The highest BCUT2D eigenvalue weighted by Crippen LogP contribution is 2.11. The number of rotatable bonds is 15. The molecule has 0 aliphatic carbocycles. The maximum Gasteiger partial charge on any atom is 0.393 e. The molecule has 1 heterocycles. The van der Waals surface area contributed by atoms with Gasteiger partial charge in [-0.3, -0.25) is 5.32 Å². The van der Waals surface area contributed by atoms with Gasteiger partial charge in [0.05, 0.1) is 26.4 Å². The number of aromatic nitrogens is 2. The molecule has 0 amide bonds. The van der Waals surface area contributed by atoms with E-state index in [1.807, 2.05) is 23.9 Å². The second kappa shape index (κ2) is 16.4. The number of nitrogens with one attached hydrogen (secondary N) is 2. The van der Waals surface area contributed by atoms with Crippen molar-refractivity contribution in [2.24, 2.45) is 7.05 Å². The molecule has 25 heavy (non-hydrogen) atoms. The van der Waals surface area contributed by atoms with E-state index in [0.29, 0.717) is 6.54 Å². The van der Waals surface area contributed by atoms with Crippen LogP contribution < -0.4 is 27.6 Å². The zero-order valence-corrected chi connectivity index (χ0v) is 16.8. The molecule has 0 atom stereocenters. The van der Waals surface area contributed by atoms with Crippen LogP contribution >= 0.6 is 0 Å². The first-order chi connectivity index (χ1) is 11.8. The van der Waals surface area contributed by atoms with Gasteiger partial charge in [-0.1, -0.05) is 69.7 Å². The van der Waals surface area contributed by atoms with Crippen LogP contribution in [0, 0.1) is 0 Å². The van der Waals surface area contributed by atoms with Crippen LogP contribution in [0.3, 0.4) is 0 Å². The number of halogens is 1. The lowest BCUT2D eigenvalue weighted by atomic mass is 10.1. The quantitative estimate of drug-likeness (QED) is 0.312. The molecule has 0 saturated heterocycles. The molecule has 0 aromatic carbocycles. The van der Waals surface area contributed by atoms with Crippen molar-refractivity contribution in [1.82, 2.24) is 4.98 Å². The molecule has 0 aliphatic heterocycles. The van der Waals surface area contributed by atoms with E-state index in [0.717, 1.165) is 18.3 Å². The third-order valence-corrected chi connectivity index (χ3v) is 4.25. The number of anilines is 2. The predicted molar refractivity (Wildman–Crippen MR) is 101 cm³/mol. The van der Waals surface area contributed by atoms with E-state index >= 15 is 0 Å². The normalized spacial score (nSPS) is 10.4. The lowest BCUT2D eigenvalue weighted by molar-refractivity contribution is -0.659. The Hall–Kier alpha value is -1.07. The molecule has 6 heteroatoms. The summed E-state index contributed by atoms with van der Waals surface area (Å²) in [7, 11) is 1.94. The number of nitrogens with zero attached hydrogens (tertiary/aromatic N) is 2. The van der Waals surface area contributed by atoms with Crippen LogP contribution in [-0.2, 0) is 7.05 Å². The second-order valence-electron chi connectivity index (χ2n) is 6.51. The Kier molecular flexibility index (Phi) is 15.7. The van der Waals surface area contributed by atoms with E-state index in [4.69, 9.17) is 5.11 Å². The van der Waals surface area contributed by atoms with Crippen molar-refractivity contribution in [2.75, 3.05) is 30.3 Å².